The van der Waals surface area contributed by atoms with Gasteiger partial charge in [0.05, 0.1) is 33.3 Å². The fourth-order valence-corrected chi connectivity index (χ4v) is 3.52. The lowest BCUT2D eigenvalue weighted by atomic mass is 10.2. The molecule has 24 heavy (non-hydrogen) atoms. The molecule has 2 heterocycles. The molecule has 4 nitrogen and oxygen atoms in total. The van der Waals surface area contributed by atoms with Gasteiger partial charge < -0.3 is 14.5 Å². The molecule has 2 aromatic rings. The number of methoxy groups -OCH3 is 1. The van der Waals surface area contributed by atoms with Gasteiger partial charge in [-0.1, -0.05) is 6.07 Å². The SMILES string of the molecule is COc1ccc(C[NH+]2CCN(C(=O)/C=C/c3cccs3)CC2)cc1. The van der Waals surface area contributed by atoms with Gasteiger partial charge in [-0.2, -0.15) is 0 Å². The Hall–Kier alpha value is -2.11. The van der Waals surface area contributed by atoms with Crippen LogP contribution in [0.25, 0.3) is 6.08 Å². The minimum absolute atomic E-state index is 0.117. The summed E-state index contributed by atoms with van der Waals surface area (Å²) >= 11 is 1.65. The molecule has 1 amide bonds. The van der Waals surface area contributed by atoms with Gasteiger partial charge in [0.2, 0.25) is 5.91 Å². The summed E-state index contributed by atoms with van der Waals surface area (Å²) in [6.07, 6.45) is 3.60. The van der Waals surface area contributed by atoms with Crippen LogP contribution in [0.15, 0.2) is 47.9 Å². The van der Waals surface area contributed by atoms with Crippen molar-refractivity contribution in [1.29, 1.82) is 0 Å². The van der Waals surface area contributed by atoms with E-state index in [0.717, 1.165) is 43.4 Å². The number of quaternary nitrogens is 1. The Morgan fingerprint density at radius 2 is 2.00 bits per heavy atom. The highest BCUT2D eigenvalue weighted by Gasteiger charge is 2.22. The number of nitrogens with zero attached hydrogens (tertiary/aromatic N) is 1. The molecule has 1 aliphatic heterocycles. The first-order valence-electron chi connectivity index (χ1n) is 8.21. The molecule has 5 heteroatoms. The second kappa shape index (κ2) is 8.13. The zero-order chi connectivity index (χ0) is 16.8. The number of hydrogen-bond donors (Lipinski definition) is 1. The van der Waals surface area contributed by atoms with Crippen molar-refractivity contribution in [3.05, 3.63) is 58.3 Å². The number of ether oxygens (including phenoxy) is 1. The van der Waals surface area contributed by atoms with Crippen molar-refractivity contribution >= 4 is 23.3 Å². The molecule has 0 radical (unpaired) electrons. The van der Waals surface area contributed by atoms with E-state index < -0.39 is 0 Å². The van der Waals surface area contributed by atoms with Gasteiger partial charge in [0.1, 0.15) is 12.3 Å². The van der Waals surface area contributed by atoms with E-state index in [-0.39, 0.29) is 5.91 Å². The third-order valence-electron chi connectivity index (χ3n) is 4.33. The summed E-state index contributed by atoms with van der Waals surface area (Å²) in [7, 11) is 1.68. The molecule has 0 aliphatic carbocycles. The van der Waals surface area contributed by atoms with Crippen LogP contribution >= 0.6 is 11.3 Å². The zero-order valence-corrected chi connectivity index (χ0v) is 14.7. The summed E-state index contributed by atoms with van der Waals surface area (Å²) in [6, 6.07) is 12.3. The summed E-state index contributed by atoms with van der Waals surface area (Å²) in [5.74, 6) is 1.01. The van der Waals surface area contributed by atoms with Crippen LogP contribution in [0.1, 0.15) is 10.4 Å². The van der Waals surface area contributed by atoms with Crippen molar-refractivity contribution < 1.29 is 14.4 Å². The molecular formula is C19H23N2O2S+. The van der Waals surface area contributed by atoms with Gasteiger partial charge in [-0.25, -0.2) is 0 Å². The Balaban J connectivity index is 1.47. The maximum Gasteiger partial charge on any atom is 0.247 e. The second-order valence-electron chi connectivity index (χ2n) is 5.95. The van der Waals surface area contributed by atoms with E-state index in [4.69, 9.17) is 4.74 Å². The van der Waals surface area contributed by atoms with E-state index in [1.54, 1.807) is 24.5 Å². The minimum atomic E-state index is 0.117. The fraction of sp³-hybridized carbons (Fsp3) is 0.316. The summed E-state index contributed by atoms with van der Waals surface area (Å²) < 4.78 is 5.19. The molecule has 0 spiro atoms. The van der Waals surface area contributed by atoms with E-state index in [0.29, 0.717) is 0 Å². The summed E-state index contributed by atoms with van der Waals surface area (Å²) in [4.78, 5) is 16.8. The van der Waals surface area contributed by atoms with E-state index >= 15 is 0 Å². The Bertz CT molecular complexity index is 672. The molecule has 1 aromatic carbocycles. The minimum Gasteiger partial charge on any atom is -0.497 e. The molecule has 0 bridgehead atoms. The number of carbonyl (C=O) groups is 1. The number of rotatable bonds is 5. The van der Waals surface area contributed by atoms with Gasteiger partial charge in [-0.05, 0) is 41.8 Å². The molecule has 1 fully saturated rings. The van der Waals surface area contributed by atoms with Gasteiger partial charge in [-0.3, -0.25) is 4.79 Å². The molecule has 3 rings (SSSR count). The number of nitrogens with one attached hydrogen (secondary N) is 1. The van der Waals surface area contributed by atoms with Crippen LogP contribution in [0.3, 0.4) is 0 Å². The molecule has 1 aliphatic rings. The molecule has 0 unspecified atom stereocenters. The van der Waals surface area contributed by atoms with Crippen LogP contribution in [0, 0.1) is 0 Å². The Morgan fingerprint density at radius 1 is 1.25 bits per heavy atom. The third-order valence-corrected chi connectivity index (χ3v) is 5.17. The lowest BCUT2D eigenvalue weighted by Crippen LogP contribution is -3.13. The number of benzene rings is 1. The van der Waals surface area contributed by atoms with E-state index in [1.165, 1.54) is 10.5 Å². The van der Waals surface area contributed by atoms with Crippen LogP contribution in [-0.4, -0.2) is 44.1 Å². The Labute approximate surface area is 147 Å². The van der Waals surface area contributed by atoms with Gasteiger partial charge >= 0.3 is 0 Å². The number of piperazine rings is 1. The molecule has 1 aromatic heterocycles. The first-order chi connectivity index (χ1) is 11.7. The predicted octanol–water partition coefficient (Wildman–Crippen LogP) is 1.70. The lowest BCUT2D eigenvalue weighted by molar-refractivity contribution is -0.917. The fourth-order valence-electron chi connectivity index (χ4n) is 2.90. The maximum absolute atomic E-state index is 12.2. The smallest absolute Gasteiger partial charge is 0.247 e. The van der Waals surface area contributed by atoms with E-state index in [2.05, 4.69) is 12.1 Å². The highest BCUT2D eigenvalue weighted by atomic mass is 32.1. The van der Waals surface area contributed by atoms with Crippen molar-refractivity contribution in [2.75, 3.05) is 33.3 Å². The Morgan fingerprint density at radius 3 is 2.62 bits per heavy atom. The first-order valence-corrected chi connectivity index (χ1v) is 9.09. The summed E-state index contributed by atoms with van der Waals surface area (Å²) in [5, 5.41) is 2.02. The molecule has 1 saturated heterocycles. The predicted molar refractivity (Wildman–Crippen MR) is 97.3 cm³/mol. The van der Waals surface area contributed by atoms with Gasteiger partial charge in [0.15, 0.2) is 0 Å². The van der Waals surface area contributed by atoms with Crippen molar-refractivity contribution in [2.24, 2.45) is 0 Å². The van der Waals surface area contributed by atoms with Crippen LogP contribution < -0.4 is 9.64 Å². The summed E-state index contributed by atoms with van der Waals surface area (Å²) in [5.41, 5.74) is 1.31. The average molecular weight is 343 g/mol. The van der Waals surface area contributed by atoms with E-state index in [1.807, 2.05) is 40.6 Å². The topological polar surface area (TPSA) is 34.0 Å². The van der Waals surface area contributed by atoms with E-state index in [9.17, 15) is 4.79 Å². The second-order valence-corrected chi connectivity index (χ2v) is 6.93. The zero-order valence-electron chi connectivity index (χ0n) is 13.9. The largest absolute Gasteiger partial charge is 0.497 e. The molecule has 0 atom stereocenters. The van der Waals surface area contributed by atoms with Crippen molar-refractivity contribution in [3.63, 3.8) is 0 Å². The maximum atomic E-state index is 12.2. The van der Waals surface area contributed by atoms with Gasteiger partial charge in [0.25, 0.3) is 0 Å². The van der Waals surface area contributed by atoms with Gasteiger partial charge in [-0.15, -0.1) is 11.3 Å². The number of hydrogen-bond acceptors (Lipinski definition) is 3. The highest BCUT2D eigenvalue weighted by molar-refractivity contribution is 7.10. The Kier molecular flexibility index (Phi) is 5.67. The highest BCUT2D eigenvalue weighted by Crippen LogP contribution is 2.11. The van der Waals surface area contributed by atoms with Crippen molar-refractivity contribution in [2.45, 2.75) is 6.54 Å². The number of amides is 1. The first kappa shape index (κ1) is 16.7. The number of thiophene rings is 1. The lowest BCUT2D eigenvalue weighted by Gasteiger charge is -2.31. The standard InChI is InChI=1S/C19H22N2O2S/c1-23-17-6-4-16(5-7-17)15-20-10-12-21(13-11-20)19(22)9-8-18-3-2-14-24-18/h2-9,14H,10-13,15H2,1H3/p+1/b9-8+. The monoisotopic (exact) mass is 343 g/mol. The molecule has 1 N–H and O–H groups in total. The van der Waals surface area contributed by atoms with Crippen LogP contribution in [0.4, 0.5) is 0 Å². The van der Waals surface area contributed by atoms with Crippen molar-refractivity contribution in [3.8, 4) is 5.75 Å². The normalized spacial score (nSPS) is 15.8. The quantitative estimate of drug-likeness (QED) is 0.839. The van der Waals surface area contributed by atoms with Gasteiger partial charge in [0, 0.05) is 16.5 Å². The average Bonchev–Trinajstić information content (AvgIpc) is 3.14. The third kappa shape index (κ3) is 4.46. The molecule has 126 valence electrons. The van der Waals surface area contributed by atoms with Crippen LogP contribution in [-0.2, 0) is 11.3 Å². The van der Waals surface area contributed by atoms with Crippen LogP contribution in [0.2, 0.25) is 0 Å². The van der Waals surface area contributed by atoms with Crippen molar-refractivity contribution in [1.82, 2.24) is 4.90 Å². The molecule has 0 saturated carbocycles. The molecular weight excluding hydrogens is 320 g/mol. The number of carbonyl (C=O) groups excluding carboxylic acids is 1. The van der Waals surface area contributed by atoms with Crippen LogP contribution in [0.5, 0.6) is 5.75 Å². The summed E-state index contributed by atoms with van der Waals surface area (Å²) in [6.45, 7) is 4.62.